The minimum absolute atomic E-state index is 0.0304. The highest BCUT2D eigenvalue weighted by atomic mass is 32.2. The number of hydrogen-bond donors (Lipinski definition) is 1. The zero-order valence-corrected chi connectivity index (χ0v) is 16.9. The molecule has 11 heteroatoms. The van der Waals surface area contributed by atoms with Crippen molar-refractivity contribution >= 4 is 40.4 Å². The third-order valence-corrected chi connectivity index (χ3v) is 3.96. The summed E-state index contributed by atoms with van der Waals surface area (Å²) in [6, 6.07) is -2.20. The molecule has 0 spiro atoms. The summed E-state index contributed by atoms with van der Waals surface area (Å²) in [4.78, 5) is 22.7. The van der Waals surface area contributed by atoms with Gasteiger partial charge in [-0.1, -0.05) is 11.8 Å². The highest BCUT2D eigenvalue weighted by molar-refractivity contribution is 8.23. The summed E-state index contributed by atoms with van der Waals surface area (Å²) in [6.45, 7) is 7.37. The summed E-state index contributed by atoms with van der Waals surface area (Å²) < 4.78 is 54.7. The number of hydrogen-bond acceptors (Lipinski definition) is 7. The molecule has 0 aromatic rings. The van der Waals surface area contributed by atoms with Gasteiger partial charge in [-0.3, -0.25) is 4.79 Å². The number of rotatable bonds is 7. The van der Waals surface area contributed by atoms with Crippen LogP contribution in [0.5, 0.6) is 0 Å². The number of nitrogens with one attached hydrogen (secondary N) is 1. The predicted molar refractivity (Wildman–Crippen MR) is 96.1 cm³/mol. The standard InChI is InChI=1S/C15H24F3NO5S2/c1-6-22-13(25)26-10(8-23-9(2)20)7-11(15(16,17)18)19-12(21)24-14(3,4)5/h10-11H,6-8H2,1-5H3,(H,19,21). The molecule has 1 amide bonds. The summed E-state index contributed by atoms with van der Waals surface area (Å²) in [5.74, 6) is -0.637. The van der Waals surface area contributed by atoms with Gasteiger partial charge in [0.15, 0.2) is 0 Å². The van der Waals surface area contributed by atoms with E-state index in [0.29, 0.717) is 0 Å². The number of carbonyl (C=O) groups excluding carboxylic acids is 2. The van der Waals surface area contributed by atoms with Gasteiger partial charge < -0.3 is 19.5 Å². The maximum absolute atomic E-state index is 13.3. The molecule has 0 saturated carbocycles. The highest BCUT2D eigenvalue weighted by Gasteiger charge is 2.43. The first-order chi connectivity index (χ1) is 11.7. The van der Waals surface area contributed by atoms with Gasteiger partial charge in [-0.05, 0) is 46.3 Å². The number of halogens is 3. The molecule has 0 bridgehead atoms. The molecule has 0 aromatic heterocycles. The van der Waals surface area contributed by atoms with E-state index >= 15 is 0 Å². The van der Waals surface area contributed by atoms with E-state index in [9.17, 15) is 22.8 Å². The van der Waals surface area contributed by atoms with Crippen molar-refractivity contribution in [1.82, 2.24) is 5.32 Å². The van der Waals surface area contributed by atoms with Crippen LogP contribution in [0.15, 0.2) is 0 Å². The molecule has 6 nitrogen and oxygen atoms in total. The number of thioether (sulfide) groups is 1. The van der Waals surface area contributed by atoms with Crippen molar-refractivity contribution in [3.63, 3.8) is 0 Å². The molecule has 0 heterocycles. The molecule has 0 aliphatic heterocycles. The number of alkyl halides is 3. The SMILES string of the molecule is CCOC(=S)SC(COC(C)=O)CC(NC(=O)OC(C)(C)C)C(F)(F)F. The summed E-state index contributed by atoms with van der Waals surface area (Å²) in [5, 5.41) is 0.951. The second-order valence-electron chi connectivity index (χ2n) is 6.20. The van der Waals surface area contributed by atoms with E-state index in [-0.39, 0.29) is 17.6 Å². The molecule has 0 aliphatic carbocycles. The van der Waals surface area contributed by atoms with Crippen LogP contribution in [-0.4, -0.2) is 52.7 Å². The van der Waals surface area contributed by atoms with Crippen molar-refractivity contribution in [2.24, 2.45) is 0 Å². The Morgan fingerprint density at radius 2 is 1.77 bits per heavy atom. The third-order valence-electron chi connectivity index (χ3n) is 2.58. The highest BCUT2D eigenvalue weighted by Crippen LogP contribution is 2.29. The topological polar surface area (TPSA) is 73.9 Å². The Hall–Kier alpha value is -1.23. The van der Waals surface area contributed by atoms with Crippen molar-refractivity contribution in [1.29, 1.82) is 0 Å². The van der Waals surface area contributed by atoms with E-state index in [1.54, 1.807) is 6.92 Å². The van der Waals surface area contributed by atoms with Crippen LogP contribution >= 0.6 is 24.0 Å². The molecule has 1 N–H and O–H groups in total. The molecular weight excluding hydrogens is 395 g/mol. The van der Waals surface area contributed by atoms with Crippen LogP contribution in [0, 0.1) is 0 Å². The number of amides is 1. The zero-order chi connectivity index (χ0) is 20.5. The molecular formula is C15H24F3NO5S2. The molecule has 2 atom stereocenters. The number of ether oxygens (including phenoxy) is 3. The van der Waals surface area contributed by atoms with E-state index in [1.165, 1.54) is 20.8 Å². The van der Waals surface area contributed by atoms with Crippen LogP contribution in [0.25, 0.3) is 0 Å². The Labute approximate surface area is 160 Å². The van der Waals surface area contributed by atoms with Gasteiger partial charge in [0.1, 0.15) is 18.2 Å². The summed E-state index contributed by atoms with van der Waals surface area (Å²) >= 11 is 5.76. The Bertz CT molecular complexity index is 495. The van der Waals surface area contributed by atoms with Crippen molar-refractivity contribution in [3.05, 3.63) is 0 Å². The van der Waals surface area contributed by atoms with Crippen LogP contribution in [0.4, 0.5) is 18.0 Å². The normalized spacial score (nSPS) is 14.2. The van der Waals surface area contributed by atoms with Gasteiger partial charge >= 0.3 is 18.2 Å². The van der Waals surface area contributed by atoms with Crippen LogP contribution in [0.2, 0.25) is 0 Å². The van der Waals surface area contributed by atoms with Gasteiger partial charge in [-0.15, -0.1) is 0 Å². The molecule has 2 unspecified atom stereocenters. The molecule has 0 rings (SSSR count). The molecule has 0 saturated heterocycles. The smallest absolute Gasteiger partial charge is 0.408 e. The second kappa shape index (κ2) is 10.8. The van der Waals surface area contributed by atoms with Gasteiger partial charge in [0, 0.05) is 12.2 Å². The first-order valence-corrected chi connectivity index (χ1v) is 9.06. The van der Waals surface area contributed by atoms with E-state index < -0.39 is 41.6 Å². The van der Waals surface area contributed by atoms with Crippen molar-refractivity contribution < 1.29 is 37.0 Å². The van der Waals surface area contributed by atoms with Crippen LogP contribution < -0.4 is 5.32 Å². The van der Waals surface area contributed by atoms with E-state index in [2.05, 4.69) is 0 Å². The lowest BCUT2D eigenvalue weighted by Gasteiger charge is -2.27. The number of esters is 1. The molecule has 0 aromatic carbocycles. The van der Waals surface area contributed by atoms with Gasteiger partial charge in [0.25, 0.3) is 0 Å². The molecule has 152 valence electrons. The quantitative estimate of drug-likeness (QED) is 0.497. The lowest BCUT2D eigenvalue weighted by atomic mass is 10.1. The minimum atomic E-state index is -4.72. The Balaban J connectivity index is 5.13. The van der Waals surface area contributed by atoms with Crippen LogP contribution in [0.3, 0.4) is 0 Å². The van der Waals surface area contributed by atoms with Crippen molar-refractivity contribution in [2.45, 2.75) is 64.1 Å². The zero-order valence-electron chi connectivity index (χ0n) is 15.3. The first-order valence-electron chi connectivity index (χ1n) is 7.77. The fourth-order valence-corrected chi connectivity index (χ4v) is 3.04. The maximum Gasteiger partial charge on any atom is 0.408 e. The molecule has 0 aliphatic rings. The van der Waals surface area contributed by atoms with Gasteiger partial charge in [-0.2, -0.15) is 13.2 Å². The summed E-state index contributed by atoms with van der Waals surface area (Å²) in [6.07, 6.45) is -6.49. The van der Waals surface area contributed by atoms with Crippen LogP contribution in [0.1, 0.15) is 41.0 Å². The number of carbonyl (C=O) groups is 2. The largest absolute Gasteiger partial charge is 0.479 e. The first kappa shape index (κ1) is 24.8. The van der Waals surface area contributed by atoms with Gasteiger partial charge in [0.2, 0.25) is 4.38 Å². The van der Waals surface area contributed by atoms with Crippen LogP contribution in [-0.2, 0) is 19.0 Å². The van der Waals surface area contributed by atoms with Crippen molar-refractivity contribution in [3.8, 4) is 0 Å². The summed E-state index contributed by atoms with van der Waals surface area (Å²) in [7, 11) is 0. The number of alkyl carbamates (subject to hydrolysis) is 1. The van der Waals surface area contributed by atoms with Crippen molar-refractivity contribution in [2.75, 3.05) is 13.2 Å². The Kier molecular flexibility index (Phi) is 10.3. The Morgan fingerprint density at radius 3 is 2.19 bits per heavy atom. The number of thiocarbonyl (C=S) groups is 1. The fourth-order valence-electron chi connectivity index (χ4n) is 1.64. The minimum Gasteiger partial charge on any atom is -0.479 e. The average molecular weight is 419 g/mol. The fraction of sp³-hybridized carbons (Fsp3) is 0.800. The second-order valence-corrected chi connectivity index (χ2v) is 8.10. The lowest BCUT2D eigenvalue weighted by molar-refractivity contribution is -0.157. The Morgan fingerprint density at radius 1 is 1.19 bits per heavy atom. The van der Waals surface area contributed by atoms with Gasteiger partial charge in [-0.25, -0.2) is 4.79 Å². The van der Waals surface area contributed by atoms with E-state index in [0.717, 1.165) is 18.7 Å². The maximum atomic E-state index is 13.3. The van der Waals surface area contributed by atoms with E-state index in [4.69, 9.17) is 26.4 Å². The lowest BCUT2D eigenvalue weighted by Crippen LogP contribution is -2.49. The third kappa shape index (κ3) is 12.2. The monoisotopic (exact) mass is 419 g/mol. The predicted octanol–water partition coefficient (Wildman–Crippen LogP) is 3.82. The molecule has 0 fully saturated rings. The molecule has 0 radical (unpaired) electrons. The molecule has 26 heavy (non-hydrogen) atoms. The summed E-state index contributed by atoms with van der Waals surface area (Å²) in [5.41, 5.74) is -0.942. The van der Waals surface area contributed by atoms with E-state index in [1.807, 2.05) is 5.32 Å². The van der Waals surface area contributed by atoms with Gasteiger partial charge in [0.05, 0.1) is 6.61 Å². The average Bonchev–Trinajstić information content (AvgIpc) is 2.40.